The van der Waals surface area contributed by atoms with Crippen molar-refractivity contribution >= 4 is 22.6 Å². The van der Waals surface area contributed by atoms with Crippen molar-refractivity contribution in [2.75, 3.05) is 0 Å². The molecule has 0 saturated carbocycles. The van der Waals surface area contributed by atoms with Gasteiger partial charge in [0.1, 0.15) is 0 Å². The highest BCUT2D eigenvalue weighted by Gasteiger charge is 2.34. The van der Waals surface area contributed by atoms with E-state index < -0.39 is 0 Å². The van der Waals surface area contributed by atoms with Crippen LogP contribution in [0.1, 0.15) is 60.8 Å². The third kappa shape index (κ3) is 3.21. The van der Waals surface area contributed by atoms with Crippen LogP contribution in [-0.4, -0.2) is 0 Å². The Bertz CT molecular complexity index is 260. The fraction of sp³-hybridized carbons (Fsp3) is 0.857. The van der Waals surface area contributed by atoms with Crippen molar-refractivity contribution in [2.45, 2.75) is 60.8 Å². The molecule has 1 atom stereocenters. The van der Waals surface area contributed by atoms with Gasteiger partial charge < -0.3 is 0 Å². The summed E-state index contributed by atoms with van der Waals surface area (Å²) in [4.78, 5) is 0. The molecule has 0 saturated heterocycles. The molecule has 1 unspecified atom stereocenters. The molecule has 0 aromatic rings. The third-order valence-electron chi connectivity index (χ3n) is 3.46. The van der Waals surface area contributed by atoms with Crippen molar-refractivity contribution in [3.63, 3.8) is 0 Å². The lowest BCUT2D eigenvalue weighted by Crippen LogP contribution is -2.27. The average Bonchev–Trinajstić information content (AvgIpc) is 1.99. The topological polar surface area (TPSA) is 0 Å². The average molecular weight is 320 g/mol. The maximum absolute atomic E-state index is 2.61. The fourth-order valence-corrected chi connectivity index (χ4v) is 4.81. The molecule has 0 amide bonds. The summed E-state index contributed by atoms with van der Waals surface area (Å²) in [6, 6.07) is 0. The van der Waals surface area contributed by atoms with Gasteiger partial charge in [-0.05, 0) is 62.2 Å². The Balaban J connectivity index is 3.06. The van der Waals surface area contributed by atoms with Crippen molar-refractivity contribution in [3.05, 3.63) is 9.15 Å². The molecule has 0 aromatic carbocycles. The normalized spacial score (nSPS) is 24.6. The highest BCUT2D eigenvalue weighted by atomic mass is 127. The van der Waals surface area contributed by atoms with E-state index in [0.29, 0.717) is 10.8 Å². The standard InChI is InChI=1S/C14H25I/c1-13(2,3)10-8-7-9-11(12(10)15)14(4,5)6/h10H,7-9H2,1-6H3. The summed E-state index contributed by atoms with van der Waals surface area (Å²) in [5, 5.41) is 0. The van der Waals surface area contributed by atoms with Crippen LogP contribution < -0.4 is 0 Å². The molecule has 1 rings (SSSR count). The molecule has 1 heteroatoms. The Kier molecular flexibility index (Phi) is 3.96. The van der Waals surface area contributed by atoms with E-state index in [4.69, 9.17) is 0 Å². The molecule has 1 aliphatic carbocycles. The van der Waals surface area contributed by atoms with E-state index >= 15 is 0 Å². The maximum atomic E-state index is 2.61. The first-order chi connectivity index (χ1) is 6.64. The summed E-state index contributed by atoms with van der Waals surface area (Å²) < 4.78 is 1.65. The van der Waals surface area contributed by atoms with Crippen molar-refractivity contribution in [1.29, 1.82) is 0 Å². The fourth-order valence-electron chi connectivity index (χ4n) is 2.49. The van der Waals surface area contributed by atoms with Gasteiger partial charge in [-0.3, -0.25) is 0 Å². The smallest absolute Gasteiger partial charge is 0.00553 e. The van der Waals surface area contributed by atoms with Crippen LogP contribution in [0.15, 0.2) is 9.15 Å². The quantitative estimate of drug-likeness (QED) is 0.512. The lowest BCUT2D eigenvalue weighted by atomic mass is 9.70. The monoisotopic (exact) mass is 320 g/mol. The minimum Gasteiger partial charge on any atom is -0.0596 e. The minimum absolute atomic E-state index is 0.362. The van der Waals surface area contributed by atoms with Crippen LogP contribution in [0.4, 0.5) is 0 Å². The van der Waals surface area contributed by atoms with Crippen molar-refractivity contribution in [3.8, 4) is 0 Å². The van der Waals surface area contributed by atoms with Crippen LogP contribution in [0.3, 0.4) is 0 Å². The molecule has 0 N–H and O–H groups in total. The largest absolute Gasteiger partial charge is 0.0596 e. The molecule has 0 aromatic heterocycles. The summed E-state index contributed by atoms with van der Waals surface area (Å²) in [6.07, 6.45) is 4.07. The van der Waals surface area contributed by atoms with Gasteiger partial charge in [-0.15, -0.1) is 0 Å². The zero-order valence-corrected chi connectivity index (χ0v) is 13.2. The van der Waals surface area contributed by atoms with E-state index in [1.165, 1.54) is 19.3 Å². The highest BCUT2D eigenvalue weighted by molar-refractivity contribution is 14.1. The van der Waals surface area contributed by atoms with Gasteiger partial charge in [0.25, 0.3) is 0 Å². The second-order valence-corrected chi connectivity index (χ2v) is 8.05. The molecule has 0 fully saturated rings. The third-order valence-corrected chi connectivity index (χ3v) is 4.87. The molecule has 15 heavy (non-hydrogen) atoms. The SMILES string of the molecule is CC(C)(C)C1=C(I)C(C(C)(C)C)CCC1. The maximum Gasteiger partial charge on any atom is -0.00553 e. The number of allylic oxidation sites excluding steroid dienone is 2. The summed E-state index contributed by atoms with van der Waals surface area (Å²) >= 11 is 2.61. The second-order valence-electron chi connectivity index (χ2n) is 6.89. The molecule has 0 aliphatic heterocycles. The first kappa shape index (κ1) is 13.5. The number of hydrogen-bond acceptors (Lipinski definition) is 0. The Hall–Kier alpha value is 0.470. The second kappa shape index (κ2) is 4.38. The van der Waals surface area contributed by atoms with Gasteiger partial charge in [-0.2, -0.15) is 0 Å². The van der Waals surface area contributed by atoms with Crippen LogP contribution in [0, 0.1) is 16.7 Å². The van der Waals surface area contributed by atoms with E-state index in [1.807, 2.05) is 0 Å². The van der Waals surface area contributed by atoms with Gasteiger partial charge in [-0.25, -0.2) is 0 Å². The number of hydrogen-bond donors (Lipinski definition) is 0. The lowest BCUT2D eigenvalue weighted by Gasteiger charge is -2.39. The van der Waals surface area contributed by atoms with E-state index in [2.05, 4.69) is 64.1 Å². The van der Waals surface area contributed by atoms with Gasteiger partial charge in [0.2, 0.25) is 0 Å². The summed E-state index contributed by atoms with van der Waals surface area (Å²) in [6.45, 7) is 14.2. The van der Waals surface area contributed by atoms with E-state index in [-0.39, 0.29) is 0 Å². The van der Waals surface area contributed by atoms with Crippen LogP contribution >= 0.6 is 22.6 Å². The van der Waals surface area contributed by atoms with Crippen LogP contribution in [0.25, 0.3) is 0 Å². The molecular weight excluding hydrogens is 295 g/mol. The first-order valence-corrected chi connectivity index (χ1v) is 7.11. The first-order valence-electron chi connectivity index (χ1n) is 6.03. The molecule has 0 spiro atoms. The van der Waals surface area contributed by atoms with Crippen molar-refractivity contribution in [2.24, 2.45) is 16.7 Å². The highest BCUT2D eigenvalue weighted by Crippen LogP contribution is 2.48. The van der Waals surface area contributed by atoms with Gasteiger partial charge in [0.05, 0.1) is 0 Å². The molecule has 0 heterocycles. The van der Waals surface area contributed by atoms with Gasteiger partial charge in [0, 0.05) is 0 Å². The Morgan fingerprint density at radius 2 is 1.60 bits per heavy atom. The molecule has 0 nitrogen and oxygen atoms in total. The molecule has 0 bridgehead atoms. The molecule has 1 aliphatic rings. The zero-order valence-electron chi connectivity index (χ0n) is 11.1. The number of halogens is 1. The Morgan fingerprint density at radius 3 is 2.00 bits per heavy atom. The molecular formula is C14H25I. The minimum atomic E-state index is 0.362. The zero-order chi connectivity index (χ0) is 11.9. The van der Waals surface area contributed by atoms with E-state index in [9.17, 15) is 0 Å². The van der Waals surface area contributed by atoms with Crippen LogP contribution in [0.2, 0.25) is 0 Å². The summed E-state index contributed by atoms with van der Waals surface area (Å²) in [5.41, 5.74) is 2.49. The van der Waals surface area contributed by atoms with Gasteiger partial charge in [0.15, 0.2) is 0 Å². The number of rotatable bonds is 0. The molecule has 88 valence electrons. The Labute approximate surface area is 109 Å². The summed E-state index contributed by atoms with van der Waals surface area (Å²) in [7, 11) is 0. The predicted octanol–water partition coefficient (Wildman–Crippen LogP) is 5.57. The van der Waals surface area contributed by atoms with Crippen molar-refractivity contribution < 1.29 is 0 Å². The van der Waals surface area contributed by atoms with Gasteiger partial charge in [-0.1, -0.05) is 47.1 Å². The summed E-state index contributed by atoms with van der Waals surface area (Å²) in [5.74, 6) is 0.779. The van der Waals surface area contributed by atoms with Crippen LogP contribution in [-0.2, 0) is 0 Å². The van der Waals surface area contributed by atoms with Gasteiger partial charge >= 0.3 is 0 Å². The molecule has 0 radical (unpaired) electrons. The van der Waals surface area contributed by atoms with E-state index in [1.54, 1.807) is 9.15 Å². The van der Waals surface area contributed by atoms with Crippen LogP contribution in [0.5, 0.6) is 0 Å². The lowest BCUT2D eigenvalue weighted by molar-refractivity contribution is 0.253. The van der Waals surface area contributed by atoms with Crippen molar-refractivity contribution in [1.82, 2.24) is 0 Å². The Morgan fingerprint density at radius 1 is 1.07 bits per heavy atom. The van der Waals surface area contributed by atoms with E-state index in [0.717, 1.165) is 5.92 Å². The predicted molar refractivity (Wildman–Crippen MR) is 77.3 cm³/mol.